The van der Waals surface area contributed by atoms with E-state index in [-0.39, 0.29) is 5.91 Å². The van der Waals surface area contributed by atoms with E-state index in [0.717, 1.165) is 35.7 Å². The van der Waals surface area contributed by atoms with Crippen molar-refractivity contribution in [3.8, 4) is 0 Å². The highest BCUT2D eigenvalue weighted by molar-refractivity contribution is 7.15. The van der Waals surface area contributed by atoms with Crippen LogP contribution in [0.5, 0.6) is 0 Å². The van der Waals surface area contributed by atoms with Gasteiger partial charge in [0.1, 0.15) is 10.0 Å². The van der Waals surface area contributed by atoms with Crippen LogP contribution in [0.3, 0.4) is 0 Å². The van der Waals surface area contributed by atoms with Crippen LogP contribution in [0.4, 0.5) is 20.7 Å². The van der Waals surface area contributed by atoms with Crippen molar-refractivity contribution >= 4 is 50.6 Å². The second-order valence-corrected chi connectivity index (χ2v) is 9.04. The molecule has 2 saturated carbocycles. The van der Waals surface area contributed by atoms with E-state index < -0.39 is 6.03 Å². The normalized spacial score (nSPS) is 15.7. The Labute approximate surface area is 174 Å². The Kier molecular flexibility index (Phi) is 4.68. The van der Waals surface area contributed by atoms with Gasteiger partial charge < -0.3 is 5.32 Å². The molecule has 2 heterocycles. The second-order valence-electron chi connectivity index (χ2n) is 7.02. The summed E-state index contributed by atoms with van der Waals surface area (Å²) in [6.07, 6.45) is 4.50. The van der Waals surface area contributed by atoms with Crippen LogP contribution >= 0.6 is 22.7 Å². The predicted octanol–water partition coefficient (Wildman–Crippen LogP) is 4.04. The molecule has 2 aromatic heterocycles. The van der Waals surface area contributed by atoms with Crippen LogP contribution in [0, 0.1) is 0 Å². The number of amides is 3. The molecular weight excluding hydrogens is 410 g/mol. The summed E-state index contributed by atoms with van der Waals surface area (Å²) in [4.78, 5) is 25.1. The van der Waals surface area contributed by atoms with Crippen molar-refractivity contribution in [1.29, 1.82) is 0 Å². The van der Waals surface area contributed by atoms with Crippen molar-refractivity contribution in [3.05, 3.63) is 39.8 Å². The minimum absolute atomic E-state index is 0.335. The average Bonchev–Trinajstić information content (AvgIpc) is 3.64. The number of para-hydroxylation sites is 1. The molecule has 0 spiro atoms. The van der Waals surface area contributed by atoms with Crippen LogP contribution < -0.4 is 16.0 Å². The van der Waals surface area contributed by atoms with E-state index in [0.29, 0.717) is 33.3 Å². The average molecular weight is 428 g/mol. The summed E-state index contributed by atoms with van der Waals surface area (Å²) in [5.41, 5.74) is 0.725. The quantitative estimate of drug-likeness (QED) is 0.546. The van der Waals surface area contributed by atoms with Gasteiger partial charge >= 0.3 is 6.03 Å². The zero-order chi connectivity index (χ0) is 19.8. The molecule has 2 aliphatic rings. The molecule has 148 valence electrons. The minimum atomic E-state index is -0.476. The van der Waals surface area contributed by atoms with Crippen LogP contribution in [0.2, 0.25) is 0 Å². The summed E-state index contributed by atoms with van der Waals surface area (Å²) in [5.74, 6) is 0.610. The van der Waals surface area contributed by atoms with E-state index in [4.69, 9.17) is 0 Å². The first-order valence-electron chi connectivity index (χ1n) is 9.31. The summed E-state index contributed by atoms with van der Waals surface area (Å²) < 4.78 is 0. The molecule has 11 heteroatoms. The van der Waals surface area contributed by atoms with Gasteiger partial charge in [0, 0.05) is 11.8 Å². The third-order valence-corrected chi connectivity index (χ3v) is 6.60. The van der Waals surface area contributed by atoms with Gasteiger partial charge in [-0.2, -0.15) is 0 Å². The molecule has 0 aliphatic heterocycles. The van der Waals surface area contributed by atoms with Crippen LogP contribution in [0.25, 0.3) is 0 Å². The summed E-state index contributed by atoms with van der Waals surface area (Å²) in [6, 6.07) is 6.32. The van der Waals surface area contributed by atoms with Gasteiger partial charge in [-0.05, 0) is 37.8 Å². The Balaban J connectivity index is 1.25. The smallest absolute Gasteiger partial charge is 0.307 e. The zero-order valence-corrected chi connectivity index (χ0v) is 16.8. The third kappa shape index (κ3) is 4.25. The molecule has 3 aromatic rings. The Morgan fingerprint density at radius 1 is 0.793 bits per heavy atom. The number of aromatic nitrogens is 4. The fourth-order valence-corrected chi connectivity index (χ4v) is 4.58. The maximum Gasteiger partial charge on any atom is 0.325 e. The SMILES string of the molecule is O=C(Nc1nnc(C2CC2)s1)Nc1ccccc1C(=O)Nc1nnc(C2CC2)s1. The fourth-order valence-electron chi connectivity index (χ4n) is 2.77. The number of anilines is 3. The molecule has 3 amide bonds. The molecule has 5 rings (SSSR count). The van der Waals surface area contributed by atoms with Crippen molar-refractivity contribution < 1.29 is 9.59 Å². The van der Waals surface area contributed by atoms with Gasteiger partial charge in [-0.1, -0.05) is 34.8 Å². The Morgan fingerprint density at radius 2 is 1.38 bits per heavy atom. The van der Waals surface area contributed by atoms with E-state index in [1.165, 1.54) is 22.7 Å². The van der Waals surface area contributed by atoms with E-state index in [9.17, 15) is 9.59 Å². The highest BCUT2D eigenvalue weighted by atomic mass is 32.1. The zero-order valence-electron chi connectivity index (χ0n) is 15.2. The maximum absolute atomic E-state index is 12.7. The van der Waals surface area contributed by atoms with Crippen molar-refractivity contribution in [1.82, 2.24) is 20.4 Å². The van der Waals surface area contributed by atoms with E-state index in [1.54, 1.807) is 24.3 Å². The van der Waals surface area contributed by atoms with Crippen molar-refractivity contribution in [3.63, 3.8) is 0 Å². The number of nitrogens with one attached hydrogen (secondary N) is 3. The van der Waals surface area contributed by atoms with Gasteiger partial charge in [-0.25, -0.2) is 4.79 Å². The van der Waals surface area contributed by atoms with E-state index in [1.807, 2.05) is 0 Å². The topological polar surface area (TPSA) is 122 Å². The van der Waals surface area contributed by atoms with Gasteiger partial charge in [0.2, 0.25) is 10.3 Å². The lowest BCUT2D eigenvalue weighted by Crippen LogP contribution is -2.22. The Hall–Kier alpha value is -2.92. The number of rotatable bonds is 6. The van der Waals surface area contributed by atoms with Gasteiger partial charge in [-0.3, -0.25) is 15.4 Å². The molecule has 2 fully saturated rings. The monoisotopic (exact) mass is 427 g/mol. The Bertz CT molecular complexity index is 1070. The van der Waals surface area contributed by atoms with Crippen LogP contribution in [-0.4, -0.2) is 32.3 Å². The molecule has 3 N–H and O–H groups in total. The second kappa shape index (κ2) is 7.48. The van der Waals surface area contributed by atoms with E-state index >= 15 is 0 Å². The van der Waals surface area contributed by atoms with Gasteiger partial charge in [0.15, 0.2) is 0 Å². The van der Waals surface area contributed by atoms with Gasteiger partial charge in [0.25, 0.3) is 5.91 Å². The lowest BCUT2D eigenvalue weighted by atomic mass is 10.1. The number of hydrogen-bond acceptors (Lipinski definition) is 8. The first-order chi connectivity index (χ1) is 14.2. The largest absolute Gasteiger partial charge is 0.325 e. The van der Waals surface area contributed by atoms with Gasteiger partial charge in [-0.15, -0.1) is 20.4 Å². The van der Waals surface area contributed by atoms with Crippen LogP contribution in [0.15, 0.2) is 24.3 Å². The molecule has 2 aliphatic carbocycles. The molecule has 9 nitrogen and oxygen atoms in total. The molecule has 0 unspecified atom stereocenters. The molecule has 0 radical (unpaired) electrons. The number of nitrogens with zero attached hydrogens (tertiary/aromatic N) is 4. The lowest BCUT2D eigenvalue weighted by Gasteiger charge is -2.10. The van der Waals surface area contributed by atoms with Crippen molar-refractivity contribution in [2.24, 2.45) is 0 Å². The number of carbonyl (C=O) groups excluding carboxylic acids is 2. The molecule has 0 atom stereocenters. The molecular formula is C18H17N7O2S2. The summed E-state index contributed by atoms with van der Waals surface area (Å²) >= 11 is 2.77. The first-order valence-corrected chi connectivity index (χ1v) is 10.9. The maximum atomic E-state index is 12.7. The van der Waals surface area contributed by atoms with Crippen molar-refractivity contribution in [2.45, 2.75) is 37.5 Å². The predicted molar refractivity (Wildman–Crippen MR) is 111 cm³/mol. The van der Waals surface area contributed by atoms with Crippen LogP contribution in [-0.2, 0) is 0 Å². The summed E-state index contributed by atoms with van der Waals surface area (Å²) in [7, 11) is 0. The molecule has 1 aromatic carbocycles. The third-order valence-electron chi connectivity index (χ3n) is 4.60. The van der Waals surface area contributed by atoms with Crippen LogP contribution in [0.1, 0.15) is 57.9 Å². The highest BCUT2D eigenvalue weighted by Crippen LogP contribution is 2.42. The van der Waals surface area contributed by atoms with Gasteiger partial charge in [0.05, 0.1) is 11.3 Å². The molecule has 29 heavy (non-hydrogen) atoms. The Morgan fingerprint density at radius 3 is 2.00 bits per heavy atom. The highest BCUT2D eigenvalue weighted by Gasteiger charge is 2.29. The van der Waals surface area contributed by atoms with Crippen molar-refractivity contribution in [2.75, 3.05) is 16.0 Å². The summed E-state index contributed by atoms with van der Waals surface area (Å²) in [6.45, 7) is 0. The summed E-state index contributed by atoms with van der Waals surface area (Å²) in [5, 5.41) is 27.2. The number of urea groups is 1. The fraction of sp³-hybridized carbons (Fsp3) is 0.333. The first kappa shape index (κ1) is 18.1. The standard InChI is InChI=1S/C18H17N7O2S2/c26-13(20-17-24-22-14(28-17)9-5-6-9)11-3-1-2-4-12(11)19-16(27)21-18-25-23-15(29-18)10-7-8-10/h1-4,9-10H,5-8H2,(H,20,24,26)(H2,19,21,25,27). The minimum Gasteiger partial charge on any atom is -0.307 e. The molecule has 0 bridgehead atoms. The molecule has 0 saturated heterocycles. The number of hydrogen-bond donors (Lipinski definition) is 3. The van der Waals surface area contributed by atoms with E-state index in [2.05, 4.69) is 36.3 Å². The number of benzene rings is 1. The lowest BCUT2D eigenvalue weighted by molar-refractivity contribution is 0.102. The number of carbonyl (C=O) groups is 2.